The van der Waals surface area contributed by atoms with Crippen LogP contribution in [-0.2, 0) is 0 Å². The molecule has 0 bridgehead atoms. The Kier molecular flexibility index (Phi) is 11.4. The predicted molar refractivity (Wildman–Crippen MR) is 107 cm³/mol. The summed E-state index contributed by atoms with van der Waals surface area (Å²) in [7, 11) is 11.2. The largest absolute Gasteiger partial charge is 0.363 e. The second-order valence-electron chi connectivity index (χ2n) is 5.69. The van der Waals surface area contributed by atoms with E-state index in [1.807, 2.05) is 51.0 Å². The fourth-order valence-corrected chi connectivity index (χ4v) is 1.71. The van der Waals surface area contributed by atoms with Crippen LogP contribution in [0.15, 0.2) is 6.07 Å². The van der Waals surface area contributed by atoms with Crippen molar-refractivity contribution in [3.63, 3.8) is 0 Å². The predicted octanol–water partition coefficient (Wildman–Crippen LogP) is 2.06. The average molecular weight is 456 g/mol. The van der Waals surface area contributed by atoms with Crippen LogP contribution in [-0.4, -0.2) is 81.2 Å². The standard InChI is InChI=1S/C14H26N6O.2BrH/c1-11-10-12(18(4)5)16-13(15-11)20(9-8-17(2)3)14(21)19(6)7;;/h10H,8-9H2,1-7H3;2*1H. The van der Waals surface area contributed by atoms with Crippen molar-refractivity contribution in [3.05, 3.63) is 11.8 Å². The molecule has 0 radical (unpaired) electrons. The SMILES string of the molecule is Br.Br.Cc1cc(N(C)C)nc(N(CCN(C)C)C(=O)N(C)C)n1. The zero-order valence-electron chi connectivity index (χ0n) is 14.9. The van der Waals surface area contributed by atoms with Crippen molar-refractivity contribution in [1.82, 2.24) is 19.8 Å². The number of halogens is 2. The summed E-state index contributed by atoms with van der Waals surface area (Å²) in [5, 5.41) is 0. The highest BCUT2D eigenvalue weighted by molar-refractivity contribution is 8.93. The maximum absolute atomic E-state index is 12.4. The molecule has 1 aromatic heterocycles. The maximum Gasteiger partial charge on any atom is 0.326 e. The Morgan fingerprint density at radius 3 is 2.00 bits per heavy atom. The molecule has 0 aliphatic rings. The molecule has 1 rings (SSSR count). The number of hydrogen-bond donors (Lipinski definition) is 0. The number of amides is 2. The Bertz CT molecular complexity index is 496. The molecule has 23 heavy (non-hydrogen) atoms. The summed E-state index contributed by atoms with van der Waals surface area (Å²) in [5.74, 6) is 1.23. The number of carbonyl (C=O) groups is 1. The van der Waals surface area contributed by atoms with Gasteiger partial charge in [0.1, 0.15) is 5.82 Å². The van der Waals surface area contributed by atoms with E-state index in [4.69, 9.17) is 0 Å². The van der Waals surface area contributed by atoms with Crippen LogP contribution >= 0.6 is 34.0 Å². The molecule has 0 saturated carbocycles. The summed E-state index contributed by atoms with van der Waals surface area (Å²) < 4.78 is 0. The van der Waals surface area contributed by atoms with E-state index in [9.17, 15) is 4.79 Å². The van der Waals surface area contributed by atoms with Gasteiger partial charge in [0.05, 0.1) is 0 Å². The number of urea groups is 1. The van der Waals surface area contributed by atoms with Crippen molar-refractivity contribution < 1.29 is 4.79 Å². The lowest BCUT2D eigenvalue weighted by molar-refractivity contribution is 0.222. The van der Waals surface area contributed by atoms with E-state index >= 15 is 0 Å². The molecule has 0 atom stereocenters. The van der Waals surface area contributed by atoms with Gasteiger partial charge in [0.25, 0.3) is 0 Å². The molecule has 0 N–H and O–H groups in total. The van der Waals surface area contributed by atoms with Crippen LogP contribution in [0.1, 0.15) is 5.69 Å². The lowest BCUT2D eigenvalue weighted by Crippen LogP contribution is -2.43. The van der Waals surface area contributed by atoms with Gasteiger partial charge >= 0.3 is 6.03 Å². The zero-order chi connectivity index (χ0) is 16.2. The minimum Gasteiger partial charge on any atom is -0.363 e. The van der Waals surface area contributed by atoms with Crippen molar-refractivity contribution in [2.75, 3.05) is 65.2 Å². The number of carbonyl (C=O) groups excluding carboxylic acids is 1. The van der Waals surface area contributed by atoms with E-state index in [0.29, 0.717) is 12.5 Å². The summed E-state index contributed by atoms with van der Waals surface area (Å²) in [4.78, 5) is 28.4. The normalized spacial score (nSPS) is 9.74. The molecule has 0 unspecified atom stereocenters. The minimum absolute atomic E-state index is 0. The summed E-state index contributed by atoms with van der Waals surface area (Å²) in [6.45, 7) is 3.19. The molecule has 1 aromatic rings. The van der Waals surface area contributed by atoms with Crippen LogP contribution in [0, 0.1) is 6.92 Å². The van der Waals surface area contributed by atoms with Crippen LogP contribution in [0.25, 0.3) is 0 Å². The highest BCUT2D eigenvalue weighted by Gasteiger charge is 2.21. The molecule has 1 heterocycles. The number of aryl methyl sites for hydroxylation is 1. The molecule has 0 aliphatic carbocycles. The van der Waals surface area contributed by atoms with Crippen LogP contribution in [0.3, 0.4) is 0 Å². The number of likely N-dealkylation sites (N-methyl/N-ethyl adjacent to an activating group) is 1. The van der Waals surface area contributed by atoms with Crippen LogP contribution in [0.2, 0.25) is 0 Å². The van der Waals surface area contributed by atoms with Gasteiger partial charge in [-0.25, -0.2) is 9.78 Å². The second-order valence-corrected chi connectivity index (χ2v) is 5.69. The third-order valence-corrected chi connectivity index (χ3v) is 2.91. The van der Waals surface area contributed by atoms with Gasteiger partial charge < -0.3 is 14.7 Å². The summed E-state index contributed by atoms with van der Waals surface area (Å²) in [5.41, 5.74) is 0.838. The number of anilines is 2. The molecule has 9 heteroatoms. The third-order valence-electron chi connectivity index (χ3n) is 2.91. The summed E-state index contributed by atoms with van der Waals surface area (Å²) in [6.07, 6.45) is 0. The molecule has 134 valence electrons. The number of aromatic nitrogens is 2. The first-order valence-electron chi connectivity index (χ1n) is 6.89. The average Bonchev–Trinajstić information content (AvgIpc) is 2.37. The first-order chi connectivity index (χ1) is 9.72. The lowest BCUT2D eigenvalue weighted by atomic mass is 10.4. The van der Waals surface area contributed by atoms with Crippen LogP contribution in [0.5, 0.6) is 0 Å². The number of hydrogen-bond acceptors (Lipinski definition) is 5. The van der Waals surface area contributed by atoms with E-state index in [0.717, 1.165) is 18.1 Å². The highest BCUT2D eigenvalue weighted by atomic mass is 79.9. The Hall–Kier alpha value is -0.930. The molecule has 0 fully saturated rings. The van der Waals surface area contributed by atoms with Crippen molar-refractivity contribution in [2.45, 2.75) is 6.92 Å². The molecule has 0 aromatic carbocycles. The van der Waals surface area contributed by atoms with Crippen molar-refractivity contribution in [1.29, 1.82) is 0 Å². The van der Waals surface area contributed by atoms with Crippen molar-refractivity contribution in [2.24, 2.45) is 0 Å². The molecule has 0 spiro atoms. The van der Waals surface area contributed by atoms with E-state index < -0.39 is 0 Å². The number of rotatable bonds is 5. The van der Waals surface area contributed by atoms with E-state index in [1.54, 1.807) is 19.0 Å². The van der Waals surface area contributed by atoms with Gasteiger partial charge in [-0.1, -0.05) is 0 Å². The van der Waals surface area contributed by atoms with Crippen LogP contribution in [0.4, 0.5) is 16.6 Å². The highest BCUT2D eigenvalue weighted by Crippen LogP contribution is 2.16. The summed E-state index contributed by atoms with van der Waals surface area (Å²) >= 11 is 0. The molecule has 0 aliphatic heterocycles. The molecule has 2 amide bonds. The maximum atomic E-state index is 12.4. The van der Waals surface area contributed by atoms with E-state index in [-0.39, 0.29) is 40.0 Å². The third kappa shape index (κ3) is 7.45. The van der Waals surface area contributed by atoms with Gasteiger partial charge in [-0.15, -0.1) is 34.0 Å². The van der Waals surface area contributed by atoms with Crippen molar-refractivity contribution >= 4 is 51.8 Å². The minimum atomic E-state index is -0.118. The molecular weight excluding hydrogens is 428 g/mol. The Morgan fingerprint density at radius 2 is 1.57 bits per heavy atom. The van der Waals surface area contributed by atoms with Crippen LogP contribution < -0.4 is 9.80 Å². The smallest absolute Gasteiger partial charge is 0.326 e. The van der Waals surface area contributed by atoms with Gasteiger partial charge in [-0.2, -0.15) is 4.98 Å². The molecule has 0 saturated heterocycles. The lowest BCUT2D eigenvalue weighted by Gasteiger charge is -2.26. The van der Waals surface area contributed by atoms with Gasteiger partial charge in [0, 0.05) is 53.0 Å². The topological polar surface area (TPSA) is 55.8 Å². The van der Waals surface area contributed by atoms with Crippen molar-refractivity contribution in [3.8, 4) is 0 Å². The Labute approximate surface area is 160 Å². The Morgan fingerprint density at radius 1 is 1.00 bits per heavy atom. The summed E-state index contributed by atoms with van der Waals surface area (Å²) in [6, 6.07) is 1.78. The second kappa shape index (κ2) is 10.8. The van der Waals surface area contributed by atoms with Gasteiger partial charge in [0.15, 0.2) is 0 Å². The fourth-order valence-electron chi connectivity index (χ4n) is 1.71. The Balaban J connectivity index is 0. The monoisotopic (exact) mass is 454 g/mol. The first-order valence-corrected chi connectivity index (χ1v) is 6.89. The quantitative estimate of drug-likeness (QED) is 0.680. The van der Waals surface area contributed by atoms with Gasteiger partial charge in [-0.3, -0.25) is 4.90 Å². The number of nitrogens with zero attached hydrogens (tertiary/aromatic N) is 6. The van der Waals surface area contributed by atoms with E-state index in [1.165, 1.54) is 4.90 Å². The van der Waals surface area contributed by atoms with E-state index in [2.05, 4.69) is 9.97 Å². The first kappa shape index (κ1) is 24.3. The van der Waals surface area contributed by atoms with Gasteiger partial charge in [0.2, 0.25) is 5.95 Å². The molecule has 7 nitrogen and oxygen atoms in total. The van der Waals surface area contributed by atoms with Gasteiger partial charge in [-0.05, 0) is 21.0 Å². The fraction of sp³-hybridized carbons (Fsp3) is 0.643. The zero-order valence-corrected chi connectivity index (χ0v) is 18.3. The molecular formula is C14H28Br2N6O.